The molecule has 58 heavy (non-hydrogen) atoms. The maximum absolute atomic E-state index is 12.6. The number of nitrogens with one attached hydrogen (secondary N) is 3. The number of nitrogens with zero attached hydrogens (tertiary/aromatic N) is 2. The monoisotopic (exact) mass is 822 g/mol. The van der Waals surface area contributed by atoms with Crippen molar-refractivity contribution >= 4 is 28.7 Å². The largest absolute Gasteiger partial charge is 0.411 e. The number of aromatic nitrogens is 2. The number of anilines is 4. The van der Waals surface area contributed by atoms with Crippen LogP contribution in [-0.4, -0.2) is 80.1 Å². The number of methoxy groups -OCH3 is 1. The van der Waals surface area contributed by atoms with Gasteiger partial charge < -0.3 is 45.0 Å². The van der Waals surface area contributed by atoms with Crippen LogP contribution in [0.1, 0.15) is 24.0 Å². The average molecular weight is 823 g/mol. The first-order valence-corrected chi connectivity index (χ1v) is 18.2. The van der Waals surface area contributed by atoms with Crippen LogP contribution >= 0.6 is 0 Å². The standard InChI is InChI=1S/C23H28F3N3O4.C17H20F3N3O2/c1-14-8-17(12-29(2)22(14)31)15-4-5-19(28-21(30)16-9-18(10-16)32-3)20(11-15)27-6-7-33-13-23(24,25)26;1-11-7-13(9-23(2)16(11)24)12-3-4-14(21)15(8-12)22-5-6-25-10-17(18,19)20/h4-5,8,11-12,16,18,27H,6-7,9-10,13H2,1-3H3,(H,28,30);3-4,7-9,22H,5-6,10,21H2,1-2H3. The number of alkyl halides is 6. The number of nitrogen functional groups attached to an aromatic ring is 1. The van der Waals surface area contributed by atoms with E-state index in [-0.39, 0.29) is 55.4 Å². The molecule has 0 spiro atoms. The SMILES string of the molecule is COC1CC(C(=O)Nc2ccc(-c3cc(C)c(=O)n(C)c3)cc2NCCOCC(F)(F)F)C1.Cc1cc(-c2ccc(N)c(NCCOCC(F)(F)F)c2)cn(C)c1=O. The third kappa shape index (κ3) is 13.4. The highest BCUT2D eigenvalue weighted by Crippen LogP contribution is 2.34. The lowest BCUT2D eigenvalue weighted by Gasteiger charge is -2.33. The first kappa shape index (κ1) is 45.4. The number of nitrogens with two attached hydrogens (primary N) is 1. The molecule has 0 saturated heterocycles. The molecule has 1 aliphatic carbocycles. The molecule has 1 amide bonds. The van der Waals surface area contributed by atoms with Crippen LogP contribution in [0.25, 0.3) is 22.3 Å². The summed E-state index contributed by atoms with van der Waals surface area (Å²) >= 11 is 0. The van der Waals surface area contributed by atoms with Crippen LogP contribution in [0.4, 0.5) is 49.1 Å². The minimum atomic E-state index is -4.39. The lowest BCUT2D eigenvalue weighted by molar-refractivity contribution is -0.173. The Hall–Kier alpha value is -5.33. The normalized spacial score (nSPS) is 15.2. The molecule has 0 aliphatic heterocycles. The molecular weight excluding hydrogens is 774 g/mol. The van der Waals surface area contributed by atoms with E-state index < -0.39 is 25.6 Å². The highest BCUT2D eigenvalue weighted by molar-refractivity contribution is 5.97. The highest BCUT2D eigenvalue weighted by Gasteiger charge is 2.35. The van der Waals surface area contributed by atoms with Gasteiger partial charge in [0.1, 0.15) is 13.2 Å². The number of hydrogen-bond acceptors (Lipinski definition) is 9. The van der Waals surface area contributed by atoms with E-state index in [1.54, 1.807) is 83.8 Å². The number of carbonyl (C=O) groups is 1. The molecule has 0 atom stereocenters. The molecule has 0 radical (unpaired) electrons. The van der Waals surface area contributed by atoms with Crippen molar-refractivity contribution in [2.45, 2.75) is 45.1 Å². The molecular formula is C40H48F6N6O6. The Bertz CT molecular complexity index is 2090. The van der Waals surface area contributed by atoms with Crippen molar-refractivity contribution in [1.82, 2.24) is 9.13 Å². The molecule has 2 aromatic heterocycles. The third-order valence-corrected chi connectivity index (χ3v) is 9.18. The molecule has 1 fully saturated rings. The van der Waals surface area contributed by atoms with E-state index in [1.165, 1.54) is 9.13 Å². The van der Waals surface area contributed by atoms with Crippen LogP contribution in [0, 0.1) is 19.8 Å². The van der Waals surface area contributed by atoms with Gasteiger partial charge >= 0.3 is 12.4 Å². The Balaban J connectivity index is 0.000000267. The van der Waals surface area contributed by atoms with Gasteiger partial charge in [-0.25, -0.2) is 0 Å². The molecule has 0 unspecified atom stereocenters. The van der Waals surface area contributed by atoms with Crippen LogP contribution < -0.4 is 32.8 Å². The lowest BCUT2D eigenvalue weighted by Crippen LogP contribution is -2.38. The van der Waals surface area contributed by atoms with Gasteiger partial charge in [0.05, 0.1) is 42.1 Å². The minimum absolute atomic E-state index is 0.0700. The number of hydrogen-bond donors (Lipinski definition) is 4. The summed E-state index contributed by atoms with van der Waals surface area (Å²) in [6.45, 7) is 0.916. The summed E-state index contributed by atoms with van der Waals surface area (Å²) in [5, 5.41) is 8.91. The van der Waals surface area contributed by atoms with E-state index in [0.717, 1.165) is 22.3 Å². The van der Waals surface area contributed by atoms with Crippen molar-refractivity contribution in [3.8, 4) is 22.3 Å². The fourth-order valence-electron chi connectivity index (χ4n) is 6.04. The quantitative estimate of drug-likeness (QED) is 0.0588. The van der Waals surface area contributed by atoms with Gasteiger partial charge in [0, 0.05) is 63.7 Å². The Kier molecular flexibility index (Phi) is 15.6. The van der Waals surface area contributed by atoms with Gasteiger partial charge in [-0.1, -0.05) is 12.1 Å². The number of carbonyl (C=O) groups excluding carboxylic acids is 1. The van der Waals surface area contributed by atoms with Gasteiger partial charge in [0.25, 0.3) is 11.1 Å². The van der Waals surface area contributed by atoms with Crippen molar-refractivity contribution in [3.63, 3.8) is 0 Å². The zero-order valence-electron chi connectivity index (χ0n) is 32.8. The Labute approximate surface area is 331 Å². The number of ether oxygens (including phenoxy) is 3. The number of rotatable bonds is 15. The van der Waals surface area contributed by atoms with Crippen molar-refractivity contribution in [3.05, 3.63) is 92.8 Å². The maximum atomic E-state index is 12.6. The Morgan fingerprint density at radius 3 is 1.66 bits per heavy atom. The average Bonchev–Trinajstić information content (AvgIpc) is 3.12. The topological polar surface area (TPSA) is 151 Å². The van der Waals surface area contributed by atoms with Crippen molar-refractivity contribution in [2.75, 3.05) is 68.3 Å². The van der Waals surface area contributed by atoms with Gasteiger partial charge in [-0.3, -0.25) is 14.4 Å². The predicted octanol–water partition coefficient (Wildman–Crippen LogP) is 6.65. The first-order chi connectivity index (χ1) is 27.2. The molecule has 316 valence electrons. The van der Waals surface area contributed by atoms with E-state index in [0.29, 0.717) is 46.7 Å². The molecule has 5 N–H and O–H groups in total. The van der Waals surface area contributed by atoms with E-state index in [9.17, 15) is 40.7 Å². The van der Waals surface area contributed by atoms with Gasteiger partial charge in [-0.15, -0.1) is 0 Å². The Morgan fingerprint density at radius 2 is 1.19 bits per heavy atom. The minimum Gasteiger partial charge on any atom is -0.397 e. The van der Waals surface area contributed by atoms with Crippen LogP contribution in [-0.2, 0) is 33.1 Å². The number of benzene rings is 2. The van der Waals surface area contributed by atoms with E-state index in [2.05, 4.69) is 25.4 Å². The van der Waals surface area contributed by atoms with Gasteiger partial charge in [0.2, 0.25) is 5.91 Å². The van der Waals surface area contributed by atoms with Crippen LogP contribution in [0.15, 0.2) is 70.5 Å². The molecule has 12 nitrogen and oxygen atoms in total. The Morgan fingerprint density at radius 1 is 0.724 bits per heavy atom. The molecule has 4 aromatic rings. The zero-order chi connectivity index (χ0) is 42.8. The molecule has 18 heteroatoms. The van der Waals surface area contributed by atoms with Crippen LogP contribution in [0.5, 0.6) is 0 Å². The summed E-state index contributed by atoms with van der Waals surface area (Å²) in [7, 11) is 4.95. The smallest absolute Gasteiger partial charge is 0.397 e. The highest BCUT2D eigenvalue weighted by atomic mass is 19.4. The second kappa shape index (κ2) is 19.9. The summed E-state index contributed by atoms with van der Waals surface area (Å²) < 4.78 is 90.3. The van der Waals surface area contributed by atoms with Crippen molar-refractivity contribution in [1.29, 1.82) is 0 Å². The van der Waals surface area contributed by atoms with E-state index in [4.69, 9.17) is 10.5 Å². The maximum Gasteiger partial charge on any atom is 0.411 e. The number of pyridine rings is 2. The van der Waals surface area contributed by atoms with Crippen LogP contribution in [0.2, 0.25) is 0 Å². The summed E-state index contributed by atoms with van der Waals surface area (Å²) in [5.41, 5.74) is 12.3. The number of aryl methyl sites for hydroxylation is 4. The summed E-state index contributed by atoms with van der Waals surface area (Å²) in [4.78, 5) is 36.4. The third-order valence-electron chi connectivity index (χ3n) is 9.18. The molecule has 2 heterocycles. The van der Waals surface area contributed by atoms with E-state index in [1.807, 2.05) is 12.1 Å². The summed E-state index contributed by atoms with van der Waals surface area (Å²) in [5.74, 6) is -0.283. The summed E-state index contributed by atoms with van der Waals surface area (Å²) in [6.07, 6.45) is -3.92. The molecule has 2 aromatic carbocycles. The zero-order valence-corrected chi connectivity index (χ0v) is 32.8. The van der Waals surface area contributed by atoms with Gasteiger partial charge in [-0.2, -0.15) is 26.3 Å². The molecule has 0 bridgehead atoms. The second-order valence-corrected chi connectivity index (χ2v) is 13.9. The van der Waals surface area contributed by atoms with Crippen LogP contribution in [0.3, 0.4) is 0 Å². The predicted molar refractivity (Wildman–Crippen MR) is 211 cm³/mol. The fraction of sp³-hybridized carbons (Fsp3) is 0.425. The van der Waals surface area contributed by atoms with Gasteiger partial charge in [-0.05, 0) is 85.3 Å². The molecule has 1 aliphatic rings. The summed E-state index contributed by atoms with van der Waals surface area (Å²) in [6, 6.07) is 14.2. The first-order valence-electron chi connectivity index (χ1n) is 18.2. The second-order valence-electron chi connectivity index (χ2n) is 13.9. The number of halogens is 6. The fourth-order valence-corrected chi connectivity index (χ4v) is 6.04. The van der Waals surface area contributed by atoms with Crippen molar-refractivity contribution < 1.29 is 45.3 Å². The lowest BCUT2D eigenvalue weighted by atomic mass is 9.81. The number of amides is 1. The van der Waals surface area contributed by atoms with Gasteiger partial charge in [0.15, 0.2) is 0 Å². The molecule has 5 rings (SSSR count). The van der Waals surface area contributed by atoms with Crippen molar-refractivity contribution in [2.24, 2.45) is 20.0 Å². The van der Waals surface area contributed by atoms with E-state index >= 15 is 0 Å². The molecule has 1 saturated carbocycles.